The molecule has 11 heteroatoms. The molecule has 1 aromatic carbocycles. The number of benzene rings is 1. The molecule has 0 spiro atoms. The number of rotatable bonds is 3. The quantitative estimate of drug-likeness (QED) is 0.778. The highest BCUT2D eigenvalue weighted by molar-refractivity contribution is 5.94. The number of carbonyl (C=O) groups is 2. The van der Waals surface area contributed by atoms with Gasteiger partial charge in [0.15, 0.2) is 0 Å². The van der Waals surface area contributed by atoms with Crippen molar-refractivity contribution in [2.45, 2.75) is 25.8 Å². The molecule has 0 radical (unpaired) electrons. The lowest BCUT2D eigenvalue weighted by atomic mass is 10.2. The van der Waals surface area contributed by atoms with E-state index in [2.05, 4.69) is 10.00 Å². The number of amides is 1. The molecule has 0 aliphatic carbocycles. The number of hydrogen-bond acceptors (Lipinski definition) is 4. The maximum Gasteiger partial charge on any atom is 0.490 e. The molecule has 0 fully saturated rings. The Labute approximate surface area is 164 Å². The lowest BCUT2D eigenvalue weighted by molar-refractivity contribution is -0.192. The van der Waals surface area contributed by atoms with E-state index in [4.69, 9.17) is 9.90 Å². The first-order chi connectivity index (χ1) is 13.4. The largest absolute Gasteiger partial charge is 0.490 e. The SMILES string of the molecule is CN(C)Cc1nn(C)c2c1CN(C(=O)c1ccc(F)cc1)C2.O=C(O)C(F)(F)F. The number of halogens is 4. The van der Waals surface area contributed by atoms with Gasteiger partial charge in [0.25, 0.3) is 5.91 Å². The summed E-state index contributed by atoms with van der Waals surface area (Å²) in [5.41, 5.74) is 3.73. The van der Waals surface area contributed by atoms with Crippen molar-refractivity contribution in [3.05, 3.63) is 52.6 Å². The summed E-state index contributed by atoms with van der Waals surface area (Å²) in [7, 11) is 5.90. The minimum absolute atomic E-state index is 0.0768. The predicted octanol–water partition coefficient (Wildman–Crippen LogP) is 2.41. The number of aliphatic carboxylic acids is 1. The molecule has 1 aromatic heterocycles. The van der Waals surface area contributed by atoms with Gasteiger partial charge in [0.05, 0.1) is 24.5 Å². The van der Waals surface area contributed by atoms with Gasteiger partial charge in [0, 0.05) is 24.7 Å². The second kappa shape index (κ2) is 8.60. The summed E-state index contributed by atoms with van der Waals surface area (Å²) < 4.78 is 46.6. The van der Waals surface area contributed by atoms with Gasteiger partial charge >= 0.3 is 12.1 Å². The van der Waals surface area contributed by atoms with Crippen LogP contribution in [-0.4, -0.2) is 56.8 Å². The Morgan fingerprint density at radius 2 is 1.72 bits per heavy atom. The second-order valence-corrected chi connectivity index (χ2v) is 6.70. The fourth-order valence-electron chi connectivity index (χ4n) is 2.82. The summed E-state index contributed by atoms with van der Waals surface area (Å²) in [4.78, 5) is 25.3. The molecule has 1 N–H and O–H groups in total. The van der Waals surface area contributed by atoms with E-state index in [1.165, 1.54) is 24.3 Å². The second-order valence-electron chi connectivity index (χ2n) is 6.70. The Morgan fingerprint density at radius 3 is 2.21 bits per heavy atom. The fourth-order valence-corrected chi connectivity index (χ4v) is 2.82. The molecule has 158 valence electrons. The number of carboxylic acid groups (broad SMARTS) is 1. The van der Waals surface area contributed by atoms with E-state index < -0.39 is 12.1 Å². The third kappa shape index (κ3) is 5.53. The van der Waals surface area contributed by atoms with Crippen LogP contribution in [0.2, 0.25) is 0 Å². The van der Waals surface area contributed by atoms with E-state index >= 15 is 0 Å². The molecular formula is C18H20F4N4O3. The van der Waals surface area contributed by atoms with Crippen LogP contribution in [-0.2, 0) is 31.5 Å². The van der Waals surface area contributed by atoms with Crippen LogP contribution < -0.4 is 0 Å². The van der Waals surface area contributed by atoms with E-state index in [0.717, 1.165) is 23.5 Å². The summed E-state index contributed by atoms with van der Waals surface area (Å²) in [6.07, 6.45) is -5.08. The van der Waals surface area contributed by atoms with Gasteiger partial charge in [-0.25, -0.2) is 9.18 Å². The highest BCUT2D eigenvalue weighted by Crippen LogP contribution is 2.27. The fraction of sp³-hybridized carbons (Fsp3) is 0.389. The van der Waals surface area contributed by atoms with Gasteiger partial charge in [0.1, 0.15) is 5.82 Å². The first kappa shape index (κ1) is 22.3. The Morgan fingerprint density at radius 1 is 1.17 bits per heavy atom. The first-order valence-corrected chi connectivity index (χ1v) is 8.43. The third-order valence-corrected chi connectivity index (χ3v) is 4.13. The van der Waals surface area contributed by atoms with Crippen molar-refractivity contribution >= 4 is 11.9 Å². The monoisotopic (exact) mass is 416 g/mol. The zero-order valence-electron chi connectivity index (χ0n) is 16.0. The van der Waals surface area contributed by atoms with Crippen molar-refractivity contribution in [3.8, 4) is 0 Å². The van der Waals surface area contributed by atoms with Gasteiger partial charge < -0.3 is 14.9 Å². The number of carboxylic acids is 1. The number of nitrogens with zero attached hydrogens (tertiary/aromatic N) is 4. The zero-order chi connectivity index (χ0) is 21.9. The molecule has 0 bridgehead atoms. The van der Waals surface area contributed by atoms with Crippen LogP contribution in [0.3, 0.4) is 0 Å². The van der Waals surface area contributed by atoms with Crippen LogP contribution in [0.25, 0.3) is 0 Å². The Balaban J connectivity index is 0.000000370. The number of aromatic nitrogens is 2. The minimum atomic E-state index is -5.08. The minimum Gasteiger partial charge on any atom is -0.475 e. The lowest BCUT2D eigenvalue weighted by Gasteiger charge is -2.17. The zero-order valence-corrected chi connectivity index (χ0v) is 16.0. The molecule has 2 aromatic rings. The summed E-state index contributed by atoms with van der Waals surface area (Å²) in [6.45, 7) is 1.85. The van der Waals surface area contributed by atoms with Crippen LogP contribution in [0.15, 0.2) is 24.3 Å². The van der Waals surface area contributed by atoms with Gasteiger partial charge in [-0.1, -0.05) is 0 Å². The van der Waals surface area contributed by atoms with Crippen LogP contribution in [0.5, 0.6) is 0 Å². The van der Waals surface area contributed by atoms with Crippen molar-refractivity contribution in [1.82, 2.24) is 19.6 Å². The summed E-state index contributed by atoms with van der Waals surface area (Å²) in [5, 5.41) is 11.7. The molecule has 1 amide bonds. The van der Waals surface area contributed by atoms with Gasteiger partial charge in [-0.3, -0.25) is 9.48 Å². The van der Waals surface area contributed by atoms with E-state index in [1.54, 1.807) is 4.90 Å². The van der Waals surface area contributed by atoms with Crippen LogP contribution in [0.4, 0.5) is 17.6 Å². The molecular weight excluding hydrogens is 396 g/mol. The molecule has 0 unspecified atom stereocenters. The average molecular weight is 416 g/mol. The summed E-state index contributed by atoms with van der Waals surface area (Å²) >= 11 is 0. The van der Waals surface area contributed by atoms with Gasteiger partial charge in [0.2, 0.25) is 0 Å². The topological polar surface area (TPSA) is 78.7 Å². The van der Waals surface area contributed by atoms with Crippen molar-refractivity contribution in [1.29, 1.82) is 0 Å². The first-order valence-electron chi connectivity index (χ1n) is 8.43. The van der Waals surface area contributed by atoms with Crippen molar-refractivity contribution in [2.75, 3.05) is 14.1 Å². The number of carbonyl (C=O) groups excluding carboxylic acids is 1. The maximum atomic E-state index is 13.0. The van der Waals surface area contributed by atoms with Crippen molar-refractivity contribution in [3.63, 3.8) is 0 Å². The normalized spacial score (nSPS) is 13.2. The summed E-state index contributed by atoms with van der Waals surface area (Å²) in [5.74, 6) is -3.17. The van der Waals surface area contributed by atoms with Gasteiger partial charge in [-0.05, 0) is 38.4 Å². The highest BCUT2D eigenvalue weighted by Gasteiger charge is 2.38. The number of hydrogen-bond donors (Lipinski definition) is 1. The summed E-state index contributed by atoms with van der Waals surface area (Å²) in [6, 6.07) is 5.68. The average Bonchev–Trinajstić information content (AvgIpc) is 3.16. The predicted molar refractivity (Wildman–Crippen MR) is 94.3 cm³/mol. The number of aryl methyl sites for hydroxylation is 1. The van der Waals surface area contributed by atoms with Crippen LogP contribution in [0.1, 0.15) is 27.3 Å². The molecule has 2 heterocycles. The van der Waals surface area contributed by atoms with E-state index in [-0.39, 0.29) is 11.7 Å². The van der Waals surface area contributed by atoms with Crippen LogP contribution in [0, 0.1) is 5.82 Å². The van der Waals surface area contributed by atoms with E-state index in [1.807, 2.05) is 25.8 Å². The number of alkyl halides is 3. The standard InChI is InChI=1S/C16H19FN4O.C2HF3O2/c1-19(2)9-14-13-8-21(10-15(13)20(3)18-14)16(22)11-4-6-12(17)7-5-11;3-2(4,5)1(6)7/h4-7H,8-10H2,1-3H3;(H,6,7). The Hall–Kier alpha value is -2.95. The Kier molecular flexibility index (Phi) is 6.62. The smallest absolute Gasteiger partial charge is 0.475 e. The molecule has 7 nitrogen and oxygen atoms in total. The lowest BCUT2D eigenvalue weighted by Crippen LogP contribution is -2.26. The van der Waals surface area contributed by atoms with Crippen LogP contribution >= 0.6 is 0 Å². The molecule has 29 heavy (non-hydrogen) atoms. The molecule has 0 atom stereocenters. The van der Waals surface area contributed by atoms with Gasteiger partial charge in [-0.15, -0.1) is 0 Å². The molecule has 1 aliphatic heterocycles. The van der Waals surface area contributed by atoms with Gasteiger partial charge in [-0.2, -0.15) is 18.3 Å². The molecule has 1 aliphatic rings. The highest BCUT2D eigenvalue weighted by atomic mass is 19.4. The van der Waals surface area contributed by atoms with Crippen molar-refractivity contribution in [2.24, 2.45) is 7.05 Å². The Bertz CT molecular complexity index is 892. The number of fused-ring (bicyclic) bond motifs is 1. The maximum absolute atomic E-state index is 13.0. The third-order valence-electron chi connectivity index (χ3n) is 4.13. The van der Waals surface area contributed by atoms with E-state index in [9.17, 15) is 22.4 Å². The van der Waals surface area contributed by atoms with Crippen molar-refractivity contribution < 1.29 is 32.3 Å². The van der Waals surface area contributed by atoms with E-state index in [0.29, 0.717) is 18.7 Å². The molecule has 0 saturated carbocycles. The molecule has 0 saturated heterocycles. The molecule has 3 rings (SSSR count).